The molecule has 218 valence electrons. The van der Waals surface area contributed by atoms with Gasteiger partial charge in [-0.05, 0) is 80.3 Å². The van der Waals surface area contributed by atoms with E-state index in [4.69, 9.17) is 4.74 Å². The van der Waals surface area contributed by atoms with E-state index in [-0.39, 0.29) is 24.3 Å². The molecule has 4 aromatic rings. The first-order valence-electron chi connectivity index (χ1n) is 13.7. The van der Waals surface area contributed by atoms with Gasteiger partial charge >= 0.3 is 0 Å². The molecule has 0 spiro atoms. The van der Waals surface area contributed by atoms with Crippen molar-refractivity contribution in [2.45, 2.75) is 39.7 Å². The predicted octanol–water partition coefficient (Wildman–Crippen LogP) is 6.16. The molecule has 9 nitrogen and oxygen atoms in total. The molecular weight excluding hydrogens is 542 g/mol. The van der Waals surface area contributed by atoms with Crippen LogP contribution in [0.2, 0.25) is 0 Å². The van der Waals surface area contributed by atoms with Gasteiger partial charge in [0.05, 0.1) is 30.0 Å². The number of anilines is 3. The average Bonchev–Trinajstić information content (AvgIpc) is 3.00. The summed E-state index contributed by atoms with van der Waals surface area (Å²) in [5.41, 5.74) is 4.03. The van der Waals surface area contributed by atoms with Gasteiger partial charge in [0.2, 0.25) is 0 Å². The standard InChI is InChI=1S/C34H33N5O4/c1-22-13-14-27(37-32(41)25-11-8-12-26(16-25)34(3,4)21-35)17-29(22)33(42)38-28-15-23(2)31(36-18-28)39-30(40)20-43-19-24-9-6-5-7-10-24/h5-18H,19-20H2,1-4H3,(H,37,41)(H,38,42)(H,36,39,40). The van der Waals surface area contributed by atoms with E-state index in [1.807, 2.05) is 36.4 Å². The van der Waals surface area contributed by atoms with Crippen LogP contribution in [0.4, 0.5) is 17.2 Å². The Balaban J connectivity index is 1.37. The first kappa shape index (κ1) is 30.6. The van der Waals surface area contributed by atoms with Crippen LogP contribution >= 0.6 is 0 Å². The Morgan fingerprint density at radius 2 is 1.58 bits per heavy atom. The van der Waals surface area contributed by atoms with Crippen molar-refractivity contribution < 1.29 is 19.1 Å². The zero-order chi connectivity index (χ0) is 31.0. The van der Waals surface area contributed by atoms with Crippen molar-refractivity contribution in [1.82, 2.24) is 4.98 Å². The van der Waals surface area contributed by atoms with Crippen molar-refractivity contribution >= 4 is 34.9 Å². The minimum absolute atomic E-state index is 0.121. The highest BCUT2D eigenvalue weighted by molar-refractivity contribution is 6.08. The lowest BCUT2D eigenvalue weighted by atomic mass is 9.85. The Labute approximate surface area is 250 Å². The number of hydrogen-bond donors (Lipinski definition) is 3. The number of nitriles is 1. The molecule has 43 heavy (non-hydrogen) atoms. The van der Waals surface area contributed by atoms with E-state index in [0.717, 1.165) is 16.7 Å². The van der Waals surface area contributed by atoms with Crippen LogP contribution in [0.5, 0.6) is 0 Å². The molecule has 0 radical (unpaired) electrons. The predicted molar refractivity (Wildman–Crippen MR) is 166 cm³/mol. The number of aromatic nitrogens is 1. The normalized spacial score (nSPS) is 10.9. The number of aryl methyl sites for hydroxylation is 2. The second kappa shape index (κ2) is 13.6. The van der Waals surface area contributed by atoms with Crippen molar-refractivity contribution in [3.8, 4) is 6.07 Å². The molecule has 3 aromatic carbocycles. The van der Waals surface area contributed by atoms with Crippen LogP contribution < -0.4 is 16.0 Å². The molecule has 0 aliphatic heterocycles. The van der Waals surface area contributed by atoms with Crippen LogP contribution in [0.25, 0.3) is 0 Å². The van der Waals surface area contributed by atoms with Gasteiger partial charge in [-0.25, -0.2) is 4.98 Å². The molecule has 0 aliphatic rings. The zero-order valence-corrected chi connectivity index (χ0v) is 24.5. The third-order valence-electron chi connectivity index (χ3n) is 6.80. The second-order valence-corrected chi connectivity index (χ2v) is 10.7. The number of hydrogen-bond acceptors (Lipinski definition) is 6. The van der Waals surface area contributed by atoms with Gasteiger partial charge in [-0.3, -0.25) is 14.4 Å². The Bertz CT molecular complexity index is 1690. The van der Waals surface area contributed by atoms with Gasteiger partial charge in [-0.15, -0.1) is 0 Å². The molecule has 3 N–H and O–H groups in total. The molecule has 0 unspecified atom stereocenters. The molecule has 4 rings (SSSR count). The fourth-order valence-corrected chi connectivity index (χ4v) is 4.24. The minimum Gasteiger partial charge on any atom is -0.367 e. The number of pyridine rings is 1. The maximum atomic E-state index is 13.2. The van der Waals surface area contributed by atoms with Crippen LogP contribution in [0.3, 0.4) is 0 Å². The largest absolute Gasteiger partial charge is 0.367 e. The molecule has 0 saturated carbocycles. The van der Waals surface area contributed by atoms with Gasteiger partial charge in [-0.2, -0.15) is 5.26 Å². The number of nitrogens with zero attached hydrogens (tertiary/aromatic N) is 2. The maximum Gasteiger partial charge on any atom is 0.256 e. The third-order valence-corrected chi connectivity index (χ3v) is 6.80. The summed E-state index contributed by atoms with van der Waals surface area (Å²) in [5.74, 6) is -0.694. The smallest absolute Gasteiger partial charge is 0.256 e. The van der Waals surface area contributed by atoms with Crippen LogP contribution in [-0.4, -0.2) is 29.3 Å². The highest BCUT2D eigenvalue weighted by Gasteiger charge is 2.21. The summed E-state index contributed by atoms with van der Waals surface area (Å²) in [6.45, 7) is 7.36. The van der Waals surface area contributed by atoms with E-state index < -0.39 is 5.41 Å². The number of carbonyl (C=O) groups is 3. The van der Waals surface area contributed by atoms with Crippen molar-refractivity contribution in [2.24, 2.45) is 0 Å². The lowest BCUT2D eigenvalue weighted by molar-refractivity contribution is -0.121. The van der Waals surface area contributed by atoms with Crippen LogP contribution in [0.1, 0.15) is 56.8 Å². The molecule has 0 aliphatic carbocycles. The van der Waals surface area contributed by atoms with E-state index in [0.29, 0.717) is 40.5 Å². The van der Waals surface area contributed by atoms with Crippen molar-refractivity contribution in [2.75, 3.05) is 22.6 Å². The molecule has 1 aromatic heterocycles. The number of nitrogens with one attached hydrogen (secondary N) is 3. The SMILES string of the molecule is Cc1ccc(NC(=O)c2cccc(C(C)(C)C#N)c2)cc1C(=O)Nc1cnc(NC(=O)COCc2ccccc2)c(C)c1. The number of amides is 3. The Morgan fingerprint density at radius 3 is 2.30 bits per heavy atom. The van der Waals surface area contributed by atoms with E-state index in [1.54, 1.807) is 70.2 Å². The Kier molecular flexibility index (Phi) is 9.65. The summed E-state index contributed by atoms with van der Waals surface area (Å²) in [6.07, 6.45) is 1.46. The lowest BCUT2D eigenvalue weighted by Gasteiger charge is -2.16. The van der Waals surface area contributed by atoms with Crippen LogP contribution in [0, 0.1) is 25.2 Å². The summed E-state index contributed by atoms with van der Waals surface area (Å²) in [4.78, 5) is 42.8. The van der Waals surface area contributed by atoms with Gasteiger partial charge in [0.1, 0.15) is 12.4 Å². The molecule has 9 heteroatoms. The number of carbonyl (C=O) groups excluding carboxylic acids is 3. The molecule has 1 heterocycles. The van der Waals surface area contributed by atoms with Crippen LogP contribution in [0.15, 0.2) is 85.1 Å². The molecule has 0 atom stereocenters. The van der Waals surface area contributed by atoms with Gasteiger partial charge in [-0.1, -0.05) is 48.5 Å². The monoisotopic (exact) mass is 575 g/mol. The number of rotatable bonds is 10. The summed E-state index contributed by atoms with van der Waals surface area (Å²) < 4.78 is 5.48. The first-order valence-corrected chi connectivity index (χ1v) is 13.7. The fourth-order valence-electron chi connectivity index (χ4n) is 4.24. The maximum absolute atomic E-state index is 13.2. The van der Waals surface area contributed by atoms with Crippen LogP contribution in [-0.2, 0) is 21.6 Å². The Hall–Kier alpha value is -5.33. The summed E-state index contributed by atoms with van der Waals surface area (Å²) >= 11 is 0. The van der Waals surface area contributed by atoms with E-state index in [9.17, 15) is 19.6 Å². The molecule has 3 amide bonds. The fraction of sp³-hybridized carbons (Fsp3) is 0.206. The topological polar surface area (TPSA) is 133 Å². The van der Waals surface area contributed by atoms with Gasteiger partial charge < -0.3 is 20.7 Å². The first-order chi connectivity index (χ1) is 20.6. The highest BCUT2D eigenvalue weighted by Crippen LogP contribution is 2.24. The quantitative estimate of drug-likeness (QED) is 0.207. The van der Waals surface area contributed by atoms with Gasteiger partial charge in [0.15, 0.2) is 0 Å². The van der Waals surface area contributed by atoms with E-state index in [2.05, 4.69) is 27.0 Å². The van der Waals surface area contributed by atoms with Crippen molar-refractivity contribution in [3.05, 3.63) is 118 Å². The number of benzene rings is 3. The van der Waals surface area contributed by atoms with Crippen molar-refractivity contribution in [1.29, 1.82) is 5.26 Å². The highest BCUT2D eigenvalue weighted by atomic mass is 16.5. The lowest BCUT2D eigenvalue weighted by Crippen LogP contribution is -2.20. The molecular formula is C34H33N5O4. The summed E-state index contributed by atoms with van der Waals surface area (Å²) in [5, 5.41) is 17.8. The minimum atomic E-state index is -0.737. The van der Waals surface area contributed by atoms with Gasteiger partial charge in [0, 0.05) is 16.8 Å². The van der Waals surface area contributed by atoms with E-state index >= 15 is 0 Å². The Morgan fingerprint density at radius 1 is 0.837 bits per heavy atom. The van der Waals surface area contributed by atoms with Crippen molar-refractivity contribution in [3.63, 3.8) is 0 Å². The van der Waals surface area contributed by atoms with E-state index in [1.165, 1.54) is 6.20 Å². The summed E-state index contributed by atoms with van der Waals surface area (Å²) in [7, 11) is 0. The summed E-state index contributed by atoms with van der Waals surface area (Å²) in [6, 6.07) is 25.5. The zero-order valence-electron chi connectivity index (χ0n) is 24.5. The molecule has 0 bridgehead atoms. The number of ether oxygens (including phenoxy) is 1. The molecule has 0 fully saturated rings. The molecule has 0 saturated heterocycles. The third kappa shape index (κ3) is 8.12. The second-order valence-electron chi connectivity index (χ2n) is 10.7. The average molecular weight is 576 g/mol. The van der Waals surface area contributed by atoms with Gasteiger partial charge in [0.25, 0.3) is 17.7 Å².